The zero-order valence-corrected chi connectivity index (χ0v) is 19.3. The Kier molecular flexibility index (Phi) is 6.27. The van der Waals surface area contributed by atoms with Gasteiger partial charge < -0.3 is 28.9 Å². The first-order chi connectivity index (χ1) is 16.3. The molecule has 0 unspecified atom stereocenters. The van der Waals surface area contributed by atoms with Crippen molar-refractivity contribution < 1.29 is 27.9 Å². The first-order valence-electron chi connectivity index (χ1n) is 10.5. The van der Waals surface area contributed by atoms with Crippen LogP contribution in [0.15, 0.2) is 64.1 Å². The van der Waals surface area contributed by atoms with E-state index in [0.29, 0.717) is 40.7 Å². The first kappa shape index (κ1) is 22.9. The van der Waals surface area contributed by atoms with Crippen LogP contribution in [-0.4, -0.2) is 36.6 Å². The molecular weight excluding hydrogens is 438 g/mol. The Morgan fingerprint density at radius 2 is 1.85 bits per heavy atom. The summed E-state index contributed by atoms with van der Waals surface area (Å²) in [7, 11) is 3.10. The molecule has 2 heterocycles. The lowest BCUT2D eigenvalue weighted by Crippen LogP contribution is -2.49. The molecule has 0 saturated heterocycles. The molecule has 176 valence electrons. The van der Waals surface area contributed by atoms with Crippen molar-refractivity contribution in [3.8, 4) is 22.8 Å². The number of hydrogen-bond acceptors (Lipinski definition) is 7. The Hall–Kier alpha value is -4.27. The summed E-state index contributed by atoms with van der Waals surface area (Å²) in [5.74, 6) is 0.825. The molecule has 0 fully saturated rings. The summed E-state index contributed by atoms with van der Waals surface area (Å²) in [5, 5.41) is 7.19. The molecule has 0 bridgehead atoms. The van der Waals surface area contributed by atoms with Gasteiger partial charge in [-0.1, -0.05) is 0 Å². The molecule has 0 saturated carbocycles. The van der Waals surface area contributed by atoms with E-state index >= 15 is 0 Å². The van der Waals surface area contributed by atoms with Crippen LogP contribution in [-0.2, 0) is 16.0 Å². The smallest absolute Gasteiger partial charge is 0.313 e. The second-order valence-corrected chi connectivity index (χ2v) is 8.36. The van der Waals surface area contributed by atoms with Gasteiger partial charge in [-0.05, 0) is 44.2 Å². The van der Waals surface area contributed by atoms with Gasteiger partial charge in [-0.15, -0.1) is 0 Å². The van der Waals surface area contributed by atoms with Crippen LogP contribution < -0.4 is 20.1 Å². The molecule has 0 aliphatic heterocycles. The van der Waals surface area contributed by atoms with Gasteiger partial charge in [-0.25, -0.2) is 4.98 Å². The number of anilines is 1. The molecule has 0 atom stereocenters. The Morgan fingerprint density at radius 3 is 2.56 bits per heavy atom. The summed E-state index contributed by atoms with van der Waals surface area (Å²) in [6, 6.07) is 10.6. The van der Waals surface area contributed by atoms with E-state index in [9.17, 15) is 9.59 Å². The van der Waals surface area contributed by atoms with Crippen molar-refractivity contribution in [3.05, 3.63) is 61.0 Å². The highest BCUT2D eigenvalue weighted by atomic mass is 16.5. The van der Waals surface area contributed by atoms with E-state index in [-0.39, 0.29) is 0 Å². The topological polar surface area (TPSA) is 116 Å². The maximum atomic E-state index is 12.6. The van der Waals surface area contributed by atoms with Crippen LogP contribution in [0, 0.1) is 0 Å². The zero-order valence-electron chi connectivity index (χ0n) is 19.3. The maximum Gasteiger partial charge on any atom is 0.313 e. The molecule has 0 aliphatic rings. The van der Waals surface area contributed by atoms with Crippen molar-refractivity contribution in [1.29, 1.82) is 0 Å². The summed E-state index contributed by atoms with van der Waals surface area (Å²) in [6.45, 7) is 3.64. The number of ether oxygens (including phenoxy) is 2. The van der Waals surface area contributed by atoms with Crippen molar-refractivity contribution in [2.24, 2.45) is 0 Å². The quantitative estimate of drug-likeness (QED) is 0.395. The summed E-state index contributed by atoms with van der Waals surface area (Å²) < 4.78 is 21.7. The number of fused-ring (bicyclic) bond motifs is 1. The van der Waals surface area contributed by atoms with Crippen molar-refractivity contribution in [2.75, 3.05) is 19.5 Å². The van der Waals surface area contributed by atoms with E-state index in [2.05, 4.69) is 15.6 Å². The molecule has 2 aromatic heterocycles. The summed E-state index contributed by atoms with van der Waals surface area (Å²) in [5.41, 5.74) is 0.323. The number of benzene rings is 2. The maximum absolute atomic E-state index is 12.6. The first-order valence-corrected chi connectivity index (χ1v) is 10.5. The van der Waals surface area contributed by atoms with Gasteiger partial charge in [0, 0.05) is 34.5 Å². The average Bonchev–Trinajstić information content (AvgIpc) is 3.48. The lowest BCUT2D eigenvalue weighted by Gasteiger charge is -2.25. The third-order valence-corrected chi connectivity index (χ3v) is 5.31. The standard InChI is InChI=1S/C25H25N3O6/c1-25(2,11-21-19-10-17(31-3)7-5-15(19)13-33-21)28-24(30)23(29)27-16-6-8-18(20(9-16)32-4)22-12-26-14-34-22/h5-10,12-14H,11H2,1-4H3,(H,27,29)(H,28,30). The van der Waals surface area contributed by atoms with E-state index in [4.69, 9.17) is 18.3 Å². The van der Waals surface area contributed by atoms with E-state index in [1.807, 2.05) is 32.0 Å². The number of carbonyl (C=O) groups is 2. The third-order valence-electron chi connectivity index (χ3n) is 5.31. The lowest BCUT2D eigenvalue weighted by atomic mass is 9.97. The normalized spacial score (nSPS) is 11.3. The van der Waals surface area contributed by atoms with E-state index in [1.54, 1.807) is 37.8 Å². The molecule has 4 rings (SSSR count). The number of hydrogen-bond donors (Lipinski definition) is 2. The number of aromatic nitrogens is 1. The van der Waals surface area contributed by atoms with Crippen molar-refractivity contribution in [1.82, 2.24) is 10.3 Å². The molecule has 34 heavy (non-hydrogen) atoms. The number of amides is 2. The molecule has 9 nitrogen and oxygen atoms in total. The van der Waals surface area contributed by atoms with Crippen LogP contribution in [0.3, 0.4) is 0 Å². The second kappa shape index (κ2) is 9.30. The van der Waals surface area contributed by atoms with Crippen molar-refractivity contribution >= 4 is 28.3 Å². The molecular formula is C25H25N3O6. The number of rotatable bonds is 7. The minimum Gasteiger partial charge on any atom is -0.497 e. The fourth-order valence-corrected chi connectivity index (χ4v) is 3.66. The predicted molar refractivity (Wildman–Crippen MR) is 126 cm³/mol. The highest BCUT2D eigenvalue weighted by Gasteiger charge is 2.27. The predicted octanol–water partition coefficient (Wildman–Crippen LogP) is 4.18. The number of nitrogens with one attached hydrogen (secondary N) is 2. The van der Waals surface area contributed by atoms with Crippen LogP contribution >= 0.6 is 0 Å². The number of methoxy groups -OCH3 is 2. The average molecular weight is 463 g/mol. The fraction of sp³-hybridized carbons (Fsp3) is 0.240. The Bertz CT molecular complexity index is 1320. The van der Waals surface area contributed by atoms with E-state index in [0.717, 1.165) is 10.8 Å². The second-order valence-electron chi connectivity index (χ2n) is 8.36. The van der Waals surface area contributed by atoms with Crippen LogP contribution in [0.2, 0.25) is 0 Å². The van der Waals surface area contributed by atoms with E-state index in [1.165, 1.54) is 13.5 Å². The Labute approximate surface area is 196 Å². The molecule has 0 aliphatic carbocycles. The molecule has 2 amide bonds. The van der Waals surface area contributed by atoms with Gasteiger partial charge in [-0.2, -0.15) is 0 Å². The van der Waals surface area contributed by atoms with Gasteiger partial charge in [0.1, 0.15) is 17.3 Å². The van der Waals surface area contributed by atoms with Crippen LogP contribution in [0.1, 0.15) is 19.6 Å². The molecule has 0 spiro atoms. The molecule has 2 aromatic carbocycles. The summed E-state index contributed by atoms with van der Waals surface area (Å²) >= 11 is 0. The van der Waals surface area contributed by atoms with Gasteiger partial charge in [-0.3, -0.25) is 9.59 Å². The lowest BCUT2D eigenvalue weighted by molar-refractivity contribution is -0.137. The fourth-order valence-electron chi connectivity index (χ4n) is 3.66. The molecule has 2 N–H and O–H groups in total. The summed E-state index contributed by atoms with van der Waals surface area (Å²) in [6.07, 6.45) is 4.91. The van der Waals surface area contributed by atoms with Crippen LogP contribution in [0.25, 0.3) is 22.1 Å². The molecule has 4 aromatic rings. The third kappa shape index (κ3) is 4.88. The van der Waals surface area contributed by atoms with E-state index < -0.39 is 17.4 Å². The van der Waals surface area contributed by atoms with Gasteiger partial charge in [0.2, 0.25) is 0 Å². The minimum absolute atomic E-state index is 0.377. The largest absolute Gasteiger partial charge is 0.497 e. The molecule has 9 heteroatoms. The van der Waals surface area contributed by atoms with Gasteiger partial charge in [0.05, 0.1) is 32.2 Å². The highest BCUT2D eigenvalue weighted by Crippen LogP contribution is 2.32. The summed E-state index contributed by atoms with van der Waals surface area (Å²) in [4.78, 5) is 29.1. The van der Waals surface area contributed by atoms with Crippen LogP contribution in [0.5, 0.6) is 11.5 Å². The SMILES string of the molecule is COc1ccc2coc(CC(C)(C)NC(=O)C(=O)Nc3ccc(-c4cnco4)c(OC)c3)c2c1. The molecule has 0 radical (unpaired) electrons. The monoisotopic (exact) mass is 463 g/mol. The van der Waals surface area contributed by atoms with Gasteiger partial charge in [0.25, 0.3) is 0 Å². The van der Waals surface area contributed by atoms with Gasteiger partial charge >= 0.3 is 11.8 Å². The zero-order chi connectivity index (χ0) is 24.3. The Morgan fingerprint density at radius 1 is 1.03 bits per heavy atom. The van der Waals surface area contributed by atoms with Crippen LogP contribution in [0.4, 0.5) is 5.69 Å². The van der Waals surface area contributed by atoms with Crippen molar-refractivity contribution in [3.63, 3.8) is 0 Å². The Balaban J connectivity index is 1.43. The van der Waals surface area contributed by atoms with Gasteiger partial charge in [0.15, 0.2) is 12.2 Å². The number of oxazole rings is 1. The van der Waals surface area contributed by atoms with Crippen molar-refractivity contribution in [2.45, 2.75) is 25.8 Å². The number of carbonyl (C=O) groups excluding carboxylic acids is 2. The number of furan rings is 1. The highest BCUT2D eigenvalue weighted by molar-refractivity contribution is 6.39. The number of nitrogens with zero attached hydrogens (tertiary/aromatic N) is 1. The minimum atomic E-state index is -0.798.